The number of nitriles is 1. The molecule has 0 unspecified atom stereocenters. The summed E-state index contributed by atoms with van der Waals surface area (Å²) in [6.45, 7) is 6.10. The van der Waals surface area contributed by atoms with E-state index in [4.69, 9.17) is 0 Å². The van der Waals surface area contributed by atoms with Crippen molar-refractivity contribution in [3.8, 4) is 6.07 Å². The van der Waals surface area contributed by atoms with Crippen molar-refractivity contribution in [1.29, 1.82) is 5.26 Å². The summed E-state index contributed by atoms with van der Waals surface area (Å²) >= 11 is 0. The van der Waals surface area contributed by atoms with E-state index in [1.54, 1.807) is 0 Å². The number of nitrogens with zero attached hydrogens (tertiary/aromatic N) is 2. The molecular formula is C22H26N4O. The summed E-state index contributed by atoms with van der Waals surface area (Å²) in [5.74, 6) is -0.161. The van der Waals surface area contributed by atoms with Crippen LogP contribution in [-0.4, -0.2) is 20.0 Å². The second-order valence-corrected chi connectivity index (χ2v) is 6.91. The summed E-state index contributed by atoms with van der Waals surface area (Å²) in [5.41, 5.74) is 4.64. The van der Waals surface area contributed by atoms with Crippen molar-refractivity contribution in [2.45, 2.75) is 26.7 Å². The van der Waals surface area contributed by atoms with Gasteiger partial charge in [0.1, 0.15) is 11.6 Å². The van der Waals surface area contributed by atoms with E-state index in [9.17, 15) is 10.1 Å². The van der Waals surface area contributed by atoms with Crippen molar-refractivity contribution in [3.63, 3.8) is 0 Å². The Morgan fingerprint density at radius 2 is 1.89 bits per heavy atom. The summed E-state index contributed by atoms with van der Waals surface area (Å²) < 4.78 is 0. The van der Waals surface area contributed by atoms with E-state index >= 15 is 0 Å². The average Bonchev–Trinajstić information content (AvgIpc) is 2.63. The number of aryl methyl sites for hydroxylation is 1. The molecule has 0 atom stereocenters. The van der Waals surface area contributed by atoms with Crippen LogP contribution >= 0.6 is 0 Å². The van der Waals surface area contributed by atoms with Crippen molar-refractivity contribution in [2.75, 3.05) is 29.6 Å². The maximum atomic E-state index is 12.6. The van der Waals surface area contributed by atoms with Crippen molar-refractivity contribution in [2.24, 2.45) is 0 Å². The molecule has 0 aliphatic carbocycles. The minimum absolute atomic E-state index is 0.0169. The van der Waals surface area contributed by atoms with Gasteiger partial charge in [0.05, 0.1) is 0 Å². The number of carbonyl (C=O) groups excluding carboxylic acids is 1. The Hall–Kier alpha value is -3.26. The van der Waals surface area contributed by atoms with Crippen LogP contribution in [0, 0.1) is 18.3 Å². The first-order valence-electron chi connectivity index (χ1n) is 8.88. The summed E-state index contributed by atoms with van der Waals surface area (Å²) in [6.07, 6.45) is 1.44. The van der Waals surface area contributed by atoms with Crippen molar-refractivity contribution < 1.29 is 4.79 Å². The topological polar surface area (TPSA) is 68.2 Å². The maximum absolute atomic E-state index is 12.6. The number of anilines is 3. The van der Waals surface area contributed by atoms with E-state index in [1.807, 2.05) is 74.5 Å². The largest absolute Gasteiger partial charge is 0.378 e. The number of nitrogens with one attached hydrogen (secondary N) is 2. The first-order chi connectivity index (χ1) is 12.8. The summed E-state index contributed by atoms with van der Waals surface area (Å²) in [6, 6.07) is 15.6. The number of amides is 1. The molecule has 27 heavy (non-hydrogen) atoms. The molecule has 0 fully saturated rings. The molecule has 0 heterocycles. The fourth-order valence-electron chi connectivity index (χ4n) is 2.70. The fraction of sp³-hybridized carbons (Fsp3) is 0.273. The zero-order chi connectivity index (χ0) is 20.0. The molecule has 2 N–H and O–H groups in total. The molecule has 140 valence electrons. The van der Waals surface area contributed by atoms with Crippen LogP contribution in [0.25, 0.3) is 0 Å². The van der Waals surface area contributed by atoms with Crippen LogP contribution < -0.4 is 15.5 Å². The molecular weight excluding hydrogens is 336 g/mol. The van der Waals surface area contributed by atoms with E-state index in [0.29, 0.717) is 0 Å². The number of hydrogen-bond acceptors (Lipinski definition) is 4. The van der Waals surface area contributed by atoms with Gasteiger partial charge < -0.3 is 15.5 Å². The number of hydrogen-bond donors (Lipinski definition) is 2. The molecule has 0 spiro atoms. The number of para-hydroxylation sites is 1. The second kappa shape index (κ2) is 8.91. The standard InChI is InChI=1S/C22H26N4O/c1-15(2)20-11-6-8-16(3)21(20)25-22(27)17(13-23)14-24-18-9-7-10-19(12-18)26(4)5/h6-12,14-15,24H,1-5H3,(H,25,27)/b17-14-. The maximum Gasteiger partial charge on any atom is 0.267 e. The predicted octanol–water partition coefficient (Wildman–Crippen LogP) is 4.64. The molecule has 5 nitrogen and oxygen atoms in total. The summed E-state index contributed by atoms with van der Waals surface area (Å²) in [5, 5.41) is 15.4. The normalized spacial score (nSPS) is 11.1. The van der Waals surface area contributed by atoms with E-state index in [0.717, 1.165) is 28.2 Å². The van der Waals surface area contributed by atoms with E-state index in [1.165, 1.54) is 6.20 Å². The van der Waals surface area contributed by atoms with Crippen LogP contribution in [-0.2, 0) is 4.79 Å². The molecule has 5 heteroatoms. The van der Waals surface area contributed by atoms with E-state index < -0.39 is 5.91 Å². The Balaban J connectivity index is 2.21. The quantitative estimate of drug-likeness (QED) is 0.580. The lowest BCUT2D eigenvalue weighted by Crippen LogP contribution is -2.17. The molecule has 0 aliphatic rings. The van der Waals surface area contributed by atoms with Gasteiger partial charge in [-0.3, -0.25) is 4.79 Å². The third kappa shape index (κ3) is 5.11. The minimum atomic E-state index is -0.426. The molecule has 0 saturated carbocycles. The lowest BCUT2D eigenvalue weighted by Gasteiger charge is -2.16. The van der Waals surface area contributed by atoms with Gasteiger partial charge >= 0.3 is 0 Å². The Bertz CT molecular complexity index is 891. The van der Waals surface area contributed by atoms with Crippen molar-refractivity contribution in [1.82, 2.24) is 0 Å². The zero-order valence-corrected chi connectivity index (χ0v) is 16.5. The van der Waals surface area contributed by atoms with Gasteiger partial charge in [-0.25, -0.2) is 0 Å². The monoisotopic (exact) mass is 362 g/mol. The molecule has 0 saturated heterocycles. The first-order valence-corrected chi connectivity index (χ1v) is 8.88. The number of benzene rings is 2. The Morgan fingerprint density at radius 1 is 1.19 bits per heavy atom. The molecule has 0 aliphatic heterocycles. The van der Waals surface area contributed by atoms with E-state index in [2.05, 4.69) is 24.5 Å². The van der Waals surface area contributed by atoms with E-state index in [-0.39, 0.29) is 11.5 Å². The van der Waals surface area contributed by atoms with Crippen LogP contribution in [0.15, 0.2) is 54.2 Å². The molecule has 0 bridgehead atoms. The highest BCUT2D eigenvalue weighted by molar-refractivity contribution is 6.07. The molecule has 2 rings (SSSR count). The molecule has 1 amide bonds. The van der Waals surface area contributed by atoms with Crippen LogP contribution in [0.1, 0.15) is 30.9 Å². The van der Waals surface area contributed by atoms with Gasteiger partial charge in [-0.2, -0.15) is 5.26 Å². The Labute approximate surface area is 161 Å². The summed E-state index contributed by atoms with van der Waals surface area (Å²) in [7, 11) is 3.91. The van der Waals surface area contributed by atoms with Gasteiger partial charge in [-0.15, -0.1) is 0 Å². The third-order valence-electron chi connectivity index (χ3n) is 4.28. The van der Waals surface area contributed by atoms with Crippen LogP contribution in [0.3, 0.4) is 0 Å². The summed E-state index contributed by atoms with van der Waals surface area (Å²) in [4.78, 5) is 14.6. The third-order valence-corrected chi connectivity index (χ3v) is 4.28. The number of carbonyl (C=O) groups is 1. The van der Waals surface area contributed by atoms with Crippen molar-refractivity contribution in [3.05, 3.63) is 65.4 Å². The number of rotatable bonds is 6. The van der Waals surface area contributed by atoms with Gasteiger partial charge in [0.15, 0.2) is 0 Å². The van der Waals surface area contributed by atoms with Crippen LogP contribution in [0.4, 0.5) is 17.1 Å². The molecule has 0 aromatic heterocycles. The van der Waals surface area contributed by atoms with Crippen LogP contribution in [0.5, 0.6) is 0 Å². The van der Waals surface area contributed by atoms with Crippen LogP contribution in [0.2, 0.25) is 0 Å². The van der Waals surface area contributed by atoms with Crippen molar-refractivity contribution >= 4 is 23.0 Å². The smallest absolute Gasteiger partial charge is 0.267 e. The highest BCUT2D eigenvalue weighted by Crippen LogP contribution is 2.27. The Kier molecular flexibility index (Phi) is 6.62. The molecule has 2 aromatic carbocycles. The lowest BCUT2D eigenvalue weighted by molar-refractivity contribution is -0.112. The SMILES string of the molecule is Cc1cccc(C(C)C)c1NC(=O)/C(C#N)=C\Nc1cccc(N(C)C)c1. The van der Waals surface area contributed by atoms with Gasteiger partial charge in [0.2, 0.25) is 0 Å². The van der Waals surface area contributed by atoms with Gasteiger partial charge in [0, 0.05) is 37.4 Å². The second-order valence-electron chi connectivity index (χ2n) is 6.91. The highest BCUT2D eigenvalue weighted by atomic mass is 16.1. The van der Waals surface area contributed by atoms with Gasteiger partial charge in [-0.1, -0.05) is 38.1 Å². The molecule has 0 radical (unpaired) electrons. The lowest BCUT2D eigenvalue weighted by atomic mass is 9.98. The molecule has 2 aromatic rings. The minimum Gasteiger partial charge on any atom is -0.378 e. The zero-order valence-electron chi connectivity index (χ0n) is 16.5. The fourth-order valence-corrected chi connectivity index (χ4v) is 2.70. The average molecular weight is 362 g/mol. The van der Waals surface area contributed by atoms with Gasteiger partial charge in [-0.05, 0) is 42.2 Å². The Morgan fingerprint density at radius 3 is 2.52 bits per heavy atom. The first kappa shape index (κ1) is 20.1. The highest BCUT2D eigenvalue weighted by Gasteiger charge is 2.15. The van der Waals surface area contributed by atoms with Gasteiger partial charge in [0.25, 0.3) is 5.91 Å². The predicted molar refractivity (Wildman–Crippen MR) is 112 cm³/mol.